The van der Waals surface area contributed by atoms with Crippen molar-refractivity contribution >= 4 is 10.0 Å². The summed E-state index contributed by atoms with van der Waals surface area (Å²) in [5.74, 6) is -0.248. The average Bonchev–Trinajstić information content (AvgIpc) is 3.26. The van der Waals surface area contributed by atoms with E-state index in [1.807, 2.05) is 24.3 Å². The molecule has 5 rings (SSSR count). The van der Waals surface area contributed by atoms with E-state index in [1.54, 1.807) is 28.1 Å². The third-order valence-corrected chi connectivity index (χ3v) is 8.84. The number of nitrogens with zero attached hydrogens (tertiary/aromatic N) is 4. The third kappa shape index (κ3) is 4.17. The monoisotopic (exact) mass is 484 g/mol. The van der Waals surface area contributed by atoms with E-state index < -0.39 is 10.0 Å². The molecule has 0 radical (unpaired) electrons. The van der Waals surface area contributed by atoms with Crippen LogP contribution < -0.4 is 0 Å². The van der Waals surface area contributed by atoms with Gasteiger partial charge < -0.3 is 9.67 Å². The highest BCUT2D eigenvalue weighted by Gasteiger charge is 2.50. The fourth-order valence-corrected chi connectivity index (χ4v) is 6.78. The smallest absolute Gasteiger partial charge is 0.262 e. The Morgan fingerprint density at radius 3 is 2.29 bits per heavy atom. The first kappa shape index (κ1) is 23.2. The van der Waals surface area contributed by atoms with Gasteiger partial charge in [0.15, 0.2) is 5.03 Å². The topological polar surface area (TPSA) is 78.7 Å². The number of imidazole rings is 1. The Labute approximate surface area is 199 Å². The van der Waals surface area contributed by atoms with E-state index in [1.165, 1.54) is 24.7 Å². The van der Waals surface area contributed by atoms with Crippen LogP contribution in [0, 0.1) is 5.82 Å². The number of halogens is 1. The first-order valence-electron chi connectivity index (χ1n) is 11.6. The number of aliphatic hydroxyl groups is 1. The Morgan fingerprint density at radius 2 is 1.68 bits per heavy atom. The number of benzene rings is 2. The van der Waals surface area contributed by atoms with E-state index >= 15 is 0 Å². The second-order valence-corrected chi connectivity index (χ2v) is 11.0. The van der Waals surface area contributed by atoms with Gasteiger partial charge in [0.05, 0.1) is 12.9 Å². The zero-order valence-corrected chi connectivity index (χ0v) is 19.9. The van der Waals surface area contributed by atoms with E-state index in [9.17, 15) is 17.9 Å². The summed E-state index contributed by atoms with van der Waals surface area (Å²) in [5, 5.41) is 10.2. The van der Waals surface area contributed by atoms with E-state index in [4.69, 9.17) is 0 Å². The molecular weight excluding hydrogens is 455 g/mol. The van der Waals surface area contributed by atoms with Gasteiger partial charge in [-0.05, 0) is 48.2 Å². The third-order valence-electron chi connectivity index (χ3n) is 7.09. The molecule has 0 unspecified atom stereocenters. The van der Waals surface area contributed by atoms with Crippen molar-refractivity contribution in [1.82, 2.24) is 18.8 Å². The predicted molar refractivity (Wildman–Crippen MR) is 127 cm³/mol. The molecule has 0 aliphatic carbocycles. The molecule has 0 bridgehead atoms. The van der Waals surface area contributed by atoms with Crippen molar-refractivity contribution in [3.05, 3.63) is 72.4 Å². The molecule has 7 nitrogen and oxygen atoms in total. The standard InChI is InChI=1S/C25H29FN4O3S/c1-28-15-24(27-17-28)34(32,33)29-12-2-3-13-30-22(14-29)25(23(30)16-31)20-6-4-18(5-7-20)19-8-10-21(26)11-9-19/h4-11,15,17,22-23,25,31H,2-3,12-14,16H2,1H3/t22-,23+,25-/m0/s1. The lowest BCUT2D eigenvalue weighted by Crippen LogP contribution is -2.67. The Hall–Kier alpha value is -2.59. The van der Waals surface area contributed by atoms with Crippen LogP contribution in [0.4, 0.5) is 4.39 Å². The Bertz CT molecular complexity index is 1240. The van der Waals surface area contributed by atoms with Gasteiger partial charge in [0.25, 0.3) is 10.0 Å². The molecule has 2 aromatic carbocycles. The van der Waals surface area contributed by atoms with Crippen LogP contribution in [-0.4, -0.2) is 70.6 Å². The van der Waals surface area contributed by atoms with Gasteiger partial charge in [-0.3, -0.25) is 4.90 Å². The summed E-state index contributed by atoms with van der Waals surface area (Å²) in [6.07, 6.45) is 4.68. The van der Waals surface area contributed by atoms with Gasteiger partial charge in [0.2, 0.25) is 0 Å². The summed E-state index contributed by atoms with van der Waals surface area (Å²) in [4.78, 5) is 6.34. The number of fused-ring (bicyclic) bond motifs is 1. The zero-order chi connectivity index (χ0) is 23.9. The SMILES string of the molecule is Cn1cnc(S(=O)(=O)N2CCCCN3[C@H](CO)[C@@H](c4ccc(-c5ccc(F)cc5)cc4)[C@@H]3C2)c1. The van der Waals surface area contributed by atoms with E-state index in [-0.39, 0.29) is 35.5 Å². The van der Waals surface area contributed by atoms with Crippen molar-refractivity contribution < 1.29 is 17.9 Å². The minimum absolute atomic E-state index is 0.0202. The number of hydrogen-bond donors (Lipinski definition) is 1. The first-order valence-corrected chi connectivity index (χ1v) is 13.0. The molecule has 1 N–H and O–H groups in total. The molecule has 0 saturated carbocycles. The van der Waals surface area contributed by atoms with Crippen molar-refractivity contribution in [2.45, 2.75) is 35.9 Å². The average molecular weight is 485 g/mol. The summed E-state index contributed by atoms with van der Waals surface area (Å²) < 4.78 is 43.1. The molecule has 1 aromatic heterocycles. The van der Waals surface area contributed by atoms with Crippen molar-refractivity contribution in [1.29, 1.82) is 0 Å². The number of sulfonamides is 1. The minimum atomic E-state index is -3.70. The van der Waals surface area contributed by atoms with Gasteiger partial charge in [0.1, 0.15) is 5.82 Å². The minimum Gasteiger partial charge on any atom is -0.395 e. The molecular formula is C25H29FN4O3S. The van der Waals surface area contributed by atoms with E-state index in [0.717, 1.165) is 36.1 Å². The Balaban J connectivity index is 1.41. The summed E-state index contributed by atoms with van der Waals surface area (Å²) in [5.41, 5.74) is 2.99. The Morgan fingerprint density at radius 1 is 1.03 bits per heavy atom. The highest BCUT2D eigenvalue weighted by atomic mass is 32.2. The van der Waals surface area contributed by atoms with Gasteiger partial charge in [-0.25, -0.2) is 17.8 Å². The summed E-state index contributed by atoms with van der Waals surface area (Å²) in [6, 6.07) is 14.4. The maximum Gasteiger partial charge on any atom is 0.262 e. The quantitative estimate of drug-likeness (QED) is 0.603. The fourth-order valence-electron chi connectivity index (χ4n) is 5.32. The fraction of sp³-hybridized carbons (Fsp3) is 0.400. The first-order chi connectivity index (χ1) is 16.4. The van der Waals surface area contributed by atoms with Crippen molar-refractivity contribution in [3.8, 4) is 11.1 Å². The molecule has 3 heterocycles. The highest BCUT2D eigenvalue weighted by molar-refractivity contribution is 7.89. The molecule has 180 valence electrons. The lowest BCUT2D eigenvalue weighted by Gasteiger charge is -2.57. The summed E-state index contributed by atoms with van der Waals surface area (Å²) in [7, 11) is -1.94. The van der Waals surface area contributed by atoms with Crippen LogP contribution in [-0.2, 0) is 17.1 Å². The number of aryl methyl sites for hydroxylation is 1. The van der Waals surface area contributed by atoms with Gasteiger partial charge >= 0.3 is 0 Å². The van der Waals surface area contributed by atoms with Crippen LogP contribution in [0.5, 0.6) is 0 Å². The lowest BCUT2D eigenvalue weighted by molar-refractivity contribution is -0.0554. The molecule has 0 amide bonds. The van der Waals surface area contributed by atoms with Crippen molar-refractivity contribution in [3.63, 3.8) is 0 Å². The van der Waals surface area contributed by atoms with Crippen molar-refractivity contribution in [2.24, 2.45) is 7.05 Å². The number of aliphatic hydroxyl groups excluding tert-OH is 1. The normalized spacial score (nSPS) is 24.1. The second-order valence-electron chi connectivity index (χ2n) is 9.16. The zero-order valence-electron chi connectivity index (χ0n) is 19.1. The lowest BCUT2D eigenvalue weighted by atomic mass is 9.74. The molecule has 2 aliphatic rings. The predicted octanol–water partition coefficient (Wildman–Crippen LogP) is 2.84. The van der Waals surface area contributed by atoms with Crippen LogP contribution in [0.2, 0.25) is 0 Å². The van der Waals surface area contributed by atoms with Crippen molar-refractivity contribution in [2.75, 3.05) is 26.2 Å². The van der Waals surface area contributed by atoms with Gasteiger partial charge in [0, 0.05) is 44.3 Å². The van der Waals surface area contributed by atoms with Crippen LogP contribution in [0.25, 0.3) is 11.1 Å². The number of aromatic nitrogens is 2. The molecule has 2 saturated heterocycles. The largest absolute Gasteiger partial charge is 0.395 e. The van der Waals surface area contributed by atoms with E-state index in [0.29, 0.717) is 13.1 Å². The maximum absolute atomic E-state index is 13.3. The summed E-state index contributed by atoms with van der Waals surface area (Å²) in [6.45, 7) is 1.69. The van der Waals surface area contributed by atoms with Gasteiger partial charge in [-0.15, -0.1) is 0 Å². The number of hydrogen-bond acceptors (Lipinski definition) is 5. The van der Waals surface area contributed by atoms with Crippen LogP contribution >= 0.6 is 0 Å². The highest BCUT2D eigenvalue weighted by Crippen LogP contribution is 2.42. The molecule has 2 fully saturated rings. The molecule has 3 atom stereocenters. The molecule has 0 spiro atoms. The van der Waals surface area contributed by atoms with Gasteiger partial charge in [-0.1, -0.05) is 36.4 Å². The molecule has 34 heavy (non-hydrogen) atoms. The number of rotatable bonds is 5. The van der Waals surface area contributed by atoms with Crippen LogP contribution in [0.3, 0.4) is 0 Å². The van der Waals surface area contributed by atoms with Gasteiger partial charge in [-0.2, -0.15) is 4.31 Å². The maximum atomic E-state index is 13.3. The molecule has 9 heteroatoms. The summed E-state index contributed by atoms with van der Waals surface area (Å²) >= 11 is 0. The van der Waals surface area contributed by atoms with E-state index in [2.05, 4.69) is 9.88 Å². The molecule has 3 aromatic rings. The molecule has 2 aliphatic heterocycles. The second kappa shape index (κ2) is 9.22. The van der Waals surface area contributed by atoms with Crippen LogP contribution in [0.1, 0.15) is 24.3 Å². The Kier molecular flexibility index (Phi) is 6.28. The van der Waals surface area contributed by atoms with Crippen LogP contribution in [0.15, 0.2) is 66.1 Å².